The lowest BCUT2D eigenvalue weighted by Gasteiger charge is -1.94. The van der Waals surface area contributed by atoms with Crippen LogP contribution in [0.25, 0.3) is 0 Å². The molecule has 0 unspecified atom stereocenters. The Kier molecular flexibility index (Phi) is 3.96. The number of carboxylic acids is 1. The van der Waals surface area contributed by atoms with E-state index in [2.05, 4.69) is 4.57 Å². The Morgan fingerprint density at radius 1 is 1.15 bits per heavy atom. The van der Waals surface area contributed by atoms with E-state index < -0.39 is 5.97 Å². The summed E-state index contributed by atoms with van der Waals surface area (Å²) in [5.74, 6) is -0.710. The molecule has 13 heavy (non-hydrogen) atoms. The predicted octanol–water partition coefficient (Wildman–Crippen LogP) is 1.23. The molecule has 0 atom stereocenters. The van der Waals surface area contributed by atoms with Crippen molar-refractivity contribution >= 4 is 5.97 Å². The zero-order valence-electron chi connectivity index (χ0n) is 7.52. The third-order valence-corrected chi connectivity index (χ3v) is 1.83. The van der Waals surface area contributed by atoms with Crippen molar-refractivity contribution in [1.82, 2.24) is 0 Å². The number of carbonyl (C=O) groups is 1. The van der Waals surface area contributed by atoms with Crippen molar-refractivity contribution in [2.45, 2.75) is 25.8 Å². The lowest BCUT2D eigenvalue weighted by atomic mass is 10.2. The quantitative estimate of drug-likeness (QED) is 0.547. The monoisotopic (exact) mass is 180 g/mol. The van der Waals surface area contributed by atoms with Gasteiger partial charge in [-0.3, -0.25) is 4.79 Å². The molecule has 1 rings (SSSR count). The summed E-state index contributed by atoms with van der Waals surface area (Å²) in [6, 6.07) is 5.90. The van der Waals surface area contributed by atoms with Gasteiger partial charge in [-0.05, 0) is 6.42 Å². The Morgan fingerprint density at radius 3 is 2.46 bits per heavy atom. The van der Waals surface area contributed by atoms with Gasteiger partial charge in [0.25, 0.3) is 0 Å². The van der Waals surface area contributed by atoms with E-state index in [0.29, 0.717) is 0 Å². The first-order chi connectivity index (χ1) is 6.29. The van der Waals surface area contributed by atoms with Crippen LogP contribution in [0.2, 0.25) is 0 Å². The highest BCUT2D eigenvalue weighted by atomic mass is 16.4. The molecular formula is C10H14NO2+. The number of aliphatic carboxylic acids is 1. The lowest BCUT2D eigenvalue weighted by Crippen LogP contribution is -2.32. The number of rotatable bonds is 5. The smallest absolute Gasteiger partial charge is 0.303 e. The van der Waals surface area contributed by atoms with Crippen LogP contribution < -0.4 is 4.57 Å². The Balaban J connectivity index is 2.17. The summed E-state index contributed by atoms with van der Waals surface area (Å²) in [4.78, 5) is 10.2. The van der Waals surface area contributed by atoms with E-state index >= 15 is 0 Å². The second-order valence-electron chi connectivity index (χ2n) is 2.96. The first-order valence-corrected chi connectivity index (χ1v) is 4.45. The van der Waals surface area contributed by atoms with Gasteiger partial charge in [-0.2, -0.15) is 0 Å². The third-order valence-electron chi connectivity index (χ3n) is 1.83. The van der Waals surface area contributed by atoms with Crippen LogP contribution in [0.15, 0.2) is 30.6 Å². The fourth-order valence-electron chi connectivity index (χ4n) is 1.15. The standard InChI is InChI=1S/C10H13NO2/c12-10(13)6-2-5-9-11-7-3-1-4-8-11/h1,3-4,7-8H,2,5-6,9H2/p+1. The van der Waals surface area contributed by atoms with Gasteiger partial charge >= 0.3 is 5.97 Å². The molecule has 1 aromatic rings. The average molecular weight is 180 g/mol. The molecule has 0 aliphatic rings. The van der Waals surface area contributed by atoms with Crippen molar-refractivity contribution < 1.29 is 14.5 Å². The van der Waals surface area contributed by atoms with Crippen molar-refractivity contribution in [3.8, 4) is 0 Å². The Hall–Kier alpha value is -1.38. The fourth-order valence-corrected chi connectivity index (χ4v) is 1.15. The maximum Gasteiger partial charge on any atom is 0.303 e. The van der Waals surface area contributed by atoms with Crippen molar-refractivity contribution in [2.75, 3.05) is 0 Å². The highest BCUT2D eigenvalue weighted by Crippen LogP contribution is 1.94. The number of pyridine rings is 1. The molecular weight excluding hydrogens is 166 g/mol. The number of nitrogens with zero attached hydrogens (tertiary/aromatic N) is 1. The lowest BCUT2D eigenvalue weighted by molar-refractivity contribution is -0.697. The van der Waals surface area contributed by atoms with E-state index in [0.717, 1.165) is 19.4 Å². The van der Waals surface area contributed by atoms with Gasteiger partial charge in [0.2, 0.25) is 0 Å². The number of aromatic nitrogens is 1. The van der Waals surface area contributed by atoms with Crippen LogP contribution in [-0.2, 0) is 11.3 Å². The molecule has 0 spiro atoms. The molecule has 3 nitrogen and oxygen atoms in total. The second kappa shape index (κ2) is 5.30. The van der Waals surface area contributed by atoms with Crippen LogP contribution >= 0.6 is 0 Å². The first kappa shape index (κ1) is 9.71. The van der Waals surface area contributed by atoms with E-state index in [9.17, 15) is 4.79 Å². The molecule has 0 aliphatic heterocycles. The minimum atomic E-state index is -0.710. The van der Waals surface area contributed by atoms with Crippen LogP contribution in [0, 0.1) is 0 Å². The maximum absolute atomic E-state index is 10.2. The number of hydrogen-bond donors (Lipinski definition) is 1. The van der Waals surface area contributed by atoms with Gasteiger partial charge < -0.3 is 5.11 Å². The Morgan fingerprint density at radius 2 is 1.85 bits per heavy atom. The normalized spacial score (nSPS) is 9.85. The molecule has 0 aliphatic carbocycles. The summed E-state index contributed by atoms with van der Waals surface area (Å²) in [6.45, 7) is 0.897. The van der Waals surface area contributed by atoms with Gasteiger partial charge in [-0.1, -0.05) is 6.07 Å². The molecule has 1 aromatic heterocycles. The van der Waals surface area contributed by atoms with Crippen LogP contribution in [-0.4, -0.2) is 11.1 Å². The number of unbranched alkanes of at least 4 members (excludes halogenated alkanes) is 1. The van der Waals surface area contributed by atoms with E-state index in [4.69, 9.17) is 5.11 Å². The van der Waals surface area contributed by atoms with Crippen LogP contribution in [0.5, 0.6) is 0 Å². The molecule has 1 heterocycles. The number of carboxylic acid groups (broad SMARTS) is 1. The summed E-state index contributed by atoms with van der Waals surface area (Å²) in [7, 11) is 0. The zero-order chi connectivity index (χ0) is 9.52. The Labute approximate surface area is 77.6 Å². The molecule has 1 N–H and O–H groups in total. The minimum Gasteiger partial charge on any atom is -0.481 e. The van der Waals surface area contributed by atoms with Crippen LogP contribution in [0.4, 0.5) is 0 Å². The molecule has 0 saturated heterocycles. The molecule has 0 amide bonds. The summed E-state index contributed by atoms with van der Waals surface area (Å²) in [6.07, 6.45) is 5.91. The second-order valence-corrected chi connectivity index (χ2v) is 2.96. The Bertz CT molecular complexity index is 259. The molecule has 70 valence electrons. The van der Waals surface area contributed by atoms with Crippen molar-refractivity contribution in [1.29, 1.82) is 0 Å². The van der Waals surface area contributed by atoms with Gasteiger partial charge in [0, 0.05) is 25.0 Å². The van der Waals surface area contributed by atoms with Gasteiger partial charge in [0.1, 0.15) is 6.54 Å². The van der Waals surface area contributed by atoms with Crippen LogP contribution in [0.1, 0.15) is 19.3 Å². The van der Waals surface area contributed by atoms with E-state index in [1.165, 1.54) is 0 Å². The highest BCUT2D eigenvalue weighted by molar-refractivity contribution is 5.66. The van der Waals surface area contributed by atoms with E-state index in [1.54, 1.807) is 0 Å². The molecule has 0 radical (unpaired) electrons. The topological polar surface area (TPSA) is 41.2 Å². The molecule has 3 heteroatoms. The number of hydrogen-bond acceptors (Lipinski definition) is 1. The summed E-state index contributed by atoms with van der Waals surface area (Å²) >= 11 is 0. The molecule has 0 fully saturated rings. The maximum atomic E-state index is 10.2. The van der Waals surface area contributed by atoms with E-state index in [1.807, 2.05) is 30.6 Å². The van der Waals surface area contributed by atoms with Crippen molar-refractivity contribution in [3.63, 3.8) is 0 Å². The SMILES string of the molecule is O=C(O)CCCC[n+]1ccccc1. The third kappa shape index (κ3) is 4.25. The molecule has 0 aromatic carbocycles. The minimum absolute atomic E-state index is 0.271. The summed E-state index contributed by atoms with van der Waals surface area (Å²) in [5.41, 5.74) is 0. The zero-order valence-corrected chi connectivity index (χ0v) is 7.52. The van der Waals surface area contributed by atoms with E-state index in [-0.39, 0.29) is 6.42 Å². The largest absolute Gasteiger partial charge is 0.481 e. The van der Waals surface area contributed by atoms with Crippen molar-refractivity contribution in [2.24, 2.45) is 0 Å². The summed E-state index contributed by atoms with van der Waals surface area (Å²) < 4.78 is 2.06. The summed E-state index contributed by atoms with van der Waals surface area (Å²) in [5, 5.41) is 8.40. The van der Waals surface area contributed by atoms with Gasteiger partial charge in [0.05, 0.1) is 0 Å². The molecule has 0 saturated carbocycles. The van der Waals surface area contributed by atoms with Gasteiger partial charge in [-0.25, -0.2) is 4.57 Å². The fraction of sp³-hybridized carbons (Fsp3) is 0.400. The highest BCUT2D eigenvalue weighted by Gasteiger charge is 2.00. The van der Waals surface area contributed by atoms with Crippen LogP contribution in [0.3, 0.4) is 0 Å². The van der Waals surface area contributed by atoms with Gasteiger partial charge in [0.15, 0.2) is 12.4 Å². The molecule has 0 bridgehead atoms. The predicted molar refractivity (Wildman–Crippen MR) is 48.1 cm³/mol. The number of aryl methyl sites for hydroxylation is 1. The first-order valence-electron chi connectivity index (χ1n) is 4.45. The van der Waals surface area contributed by atoms with Gasteiger partial charge in [-0.15, -0.1) is 0 Å². The average Bonchev–Trinajstić information content (AvgIpc) is 2.14. The van der Waals surface area contributed by atoms with Crippen molar-refractivity contribution in [3.05, 3.63) is 30.6 Å².